The van der Waals surface area contributed by atoms with Crippen LogP contribution in [-0.4, -0.2) is 35.3 Å². The lowest BCUT2D eigenvalue weighted by molar-refractivity contribution is -0.384. The molecule has 198 valence electrons. The number of hydrogen-bond donors (Lipinski definition) is 2. The zero-order valence-corrected chi connectivity index (χ0v) is 22.3. The van der Waals surface area contributed by atoms with Gasteiger partial charge >= 0.3 is 6.03 Å². The summed E-state index contributed by atoms with van der Waals surface area (Å²) in [6, 6.07) is 14.3. The van der Waals surface area contributed by atoms with Crippen LogP contribution in [0.15, 0.2) is 70.7 Å². The van der Waals surface area contributed by atoms with Crippen LogP contribution in [0.3, 0.4) is 0 Å². The van der Waals surface area contributed by atoms with Crippen molar-refractivity contribution >= 4 is 62.8 Å². The third-order valence-corrected chi connectivity index (χ3v) is 6.30. The minimum atomic E-state index is -1.02. The van der Waals surface area contributed by atoms with E-state index >= 15 is 0 Å². The lowest BCUT2D eigenvalue weighted by Crippen LogP contribution is -2.54. The van der Waals surface area contributed by atoms with Crippen molar-refractivity contribution in [2.45, 2.75) is 13.8 Å². The molecule has 0 spiro atoms. The Labute approximate surface area is 230 Å². The molecule has 11 nitrogen and oxygen atoms in total. The lowest BCUT2D eigenvalue weighted by Gasteiger charge is -2.26. The SMILES string of the molecule is Cc1ccc(NC(=O)COc2ccc(/C=C3/C(=O)NC(=O)N(c4cccc([N+](=O)[O-])c4)C3=O)cc2Br)c(C)c1. The third kappa shape index (κ3) is 6.18. The molecule has 1 aliphatic heterocycles. The number of imide groups is 2. The van der Waals surface area contributed by atoms with Crippen molar-refractivity contribution in [3.63, 3.8) is 0 Å². The van der Waals surface area contributed by atoms with Crippen molar-refractivity contribution in [2.75, 3.05) is 16.8 Å². The molecule has 2 N–H and O–H groups in total. The number of aryl methyl sites for hydroxylation is 2. The molecule has 39 heavy (non-hydrogen) atoms. The second-order valence-corrected chi connectivity index (χ2v) is 9.43. The monoisotopic (exact) mass is 592 g/mol. The molecule has 1 aliphatic rings. The van der Waals surface area contributed by atoms with Gasteiger partial charge in [-0.2, -0.15) is 0 Å². The number of carbonyl (C=O) groups excluding carboxylic acids is 4. The Kier molecular flexibility index (Phi) is 7.86. The predicted octanol–water partition coefficient (Wildman–Crippen LogP) is 4.66. The van der Waals surface area contributed by atoms with Gasteiger partial charge in [-0.25, -0.2) is 9.69 Å². The molecule has 3 aromatic rings. The Morgan fingerprint density at radius 1 is 1.10 bits per heavy atom. The molecule has 0 saturated carbocycles. The zero-order valence-electron chi connectivity index (χ0n) is 20.7. The molecule has 4 rings (SSSR count). The molecule has 0 radical (unpaired) electrons. The molecule has 1 fully saturated rings. The molecule has 0 aliphatic carbocycles. The normalized spacial score (nSPS) is 14.3. The second-order valence-electron chi connectivity index (χ2n) is 8.58. The summed E-state index contributed by atoms with van der Waals surface area (Å²) in [5, 5.41) is 16.0. The molecular formula is C27H21BrN4O7. The zero-order chi connectivity index (χ0) is 28.3. The van der Waals surface area contributed by atoms with Crippen molar-refractivity contribution in [3.8, 4) is 5.75 Å². The van der Waals surface area contributed by atoms with Crippen LogP contribution in [0.4, 0.5) is 21.9 Å². The van der Waals surface area contributed by atoms with Gasteiger partial charge in [-0.1, -0.05) is 29.8 Å². The molecule has 0 atom stereocenters. The number of barbiturate groups is 1. The summed E-state index contributed by atoms with van der Waals surface area (Å²) in [5.74, 6) is -1.86. The van der Waals surface area contributed by atoms with E-state index in [-0.39, 0.29) is 29.5 Å². The first-order valence-electron chi connectivity index (χ1n) is 11.5. The van der Waals surface area contributed by atoms with Gasteiger partial charge in [0.1, 0.15) is 11.3 Å². The molecule has 12 heteroatoms. The van der Waals surface area contributed by atoms with Crippen molar-refractivity contribution in [1.29, 1.82) is 0 Å². The first-order valence-corrected chi connectivity index (χ1v) is 12.3. The van der Waals surface area contributed by atoms with E-state index in [2.05, 4.69) is 26.6 Å². The summed E-state index contributed by atoms with van der Waals surface area (Å²) in [6.07, 6.45) is 1.27. The Hall–Kier alpha value is -4.84. The van der Waals surface area contributed by atoms with Gasteiger partial charge in [-0.15, -0.1) is 0 Å². The number of anilines is 2. The Morgan fingerprint density at radius 3 is 2.56 bits per heavy atom. The van der Waals surface area contributed by atoms with Crippen molar-refractivity contribution in [3.05, 3.63) is 97.5 Å². The highest BCUT2D eigenvalue weighted by Crippen LogP contribution is 2.29. The Balaban J connectivity index is 1.49. The van der Waals surface area contributed by atoms with E-state index in [1.807, 2.05) is 32.0 Å². The minimum absolute atomic E-state index is 0.0610. The number of nitrogens with one attached hydrogen (secondary N) is 2. The van der Waals surface area contributed by atoms with Crippen LogP contribution in [0.2, 0.25) is 0 Å². The third-order valence-electron chi connectivity index (χ3n) is 5.68. The molecule has 5 amide bonds. The Morgan fingerprint density at radius 2 is 1.87 bits per heavy atom. The summed E-state index contributed by atoms with van der Waals surface area (Å²) >= 11 is 3.36. The average molecular weight is 593 g/mol. The highest BCUT2D eigenvalue weighted by atomic mass is 79.9. The number of halogens is 1. The maximum absolute atomic E-state index is 13.1. The standard InChI is InChI=1S/C27H21BrN4O7/c1-15-6-8-22(16(2)10-15)29-24(33)14-39-23-9-7-17(12-21(23)28)11-20-25(34)30-27(36)31(26(20)35)18-4-3-5-19(13-18)32(37)38/h3-13H,14H2,1-2H3,(H,29,33)(H,30,34,36)/b20-11-. The number of rotatable bonds is 7. The quantitative estimate of drug-likeness (QED) is 0.175. The van der Waals surface area contributed by atoms with E-state index in [0.717, 1.165) is 17.2 Å². The topological polar surface area (TPSA) is 148 Å². The number of nitrogens with zero attached hydrogens (tertiary/aromatic N) is 2. The summed E-state index contributed by atoms with van der Waals surface area (Å²) in [6.45, 7) is 3.60. The number of urea groups is 1. The average Bonchev–Trinajstić information content (AvgIpc) is 2.88. The number of ether oxygens (including phenoxy) is 1. The lowest BCUT2D eigenvalue weighted by atomic mass is 10.1. The van der Waals surface area contributed by atoms with E-state index in [1.54, 1.807) is 18.2 Å². The van der Waals surface area contributed by atoms with Gasteiger partial charge < -0.3 is 10.1 Å². The number of amides is 5. The first kappa shape index (κ1) is 27.2. The fraction of sp³-hybridized carbons (Fsp3) is 0.111. The number of nitro groups is 1. The number of carbonyl (C=O) groups is 4. The minimum Gasteiger partial charge on any atom is -0.483 e. The second kappa shape index (κ2) is 11.3. The van der Waals surface area contributed by atoms with Crippen LogP contribution in [0.5, 0.6) is 5.75 Å². The van der Waals surface area contributed by atoms with Crippen LogP contribution in [0, 0.1) is 24.0 Å². The fourth-order valence-corrected chi connectivity index (χ4v) is 4.32. The summed E-state index contributed by atoms with van der Waals surface area (Å²) in [5.41, 5.74) is 2.37. The highest BCUT2D eigenvalue weighted by molar-refractivity contribution is 9.10. The highest BCUT2D eigenvalue weighted by Gasteiger charge is 2.37. The van der Waals surface area contributed by atoms with Crippen molar-refractivity contribution in [2.24, 2.45) is 0 Å². The maximum Gasteiger partial charge on any atom is 0.335 e. The van der Waals surface area contributed by atoms with Crippen molar-refractivity contribution in [1.82, 2.24) is 5.32 Å². The van der Waals surface area contributed by atoms with Gasteiger partial charge in [-0.3, -0.25) is 29.8 Å². The molecule has 0 bridgehead atoms. The summed E-state index contributed by atoms with van der Waals surface area (Å²) < 4.78 is 6.06. The van der Waals surface area contributed by atoms with E-state index < -0.39 is 22.8 Å². The number of non-ortho nitro benzene ring substituents is 1. The number of nitro benzene ring substituents is 1. The number of benzene rings is 3. The molecule has 3 aromatic carbocycles. The smallest absolute Gasteiger partial charge is 0.335 e. The van der Waals surface area contributed by atoms with Crippen LogP contribution in [-0.2, 0) is 14.4 Å². The van der Waals surface area contributed by atoms with E-state index in [4.69, 9.17) is 4.74 Å². The predicted molar refractivity (Wildman–Crippen MR) is 146 cm³/mol. The van der Waals surface area contributed by atoms with Gasteiger partial charge in [0.05, 0.1) is 15.1 Å². The summed E-state index contributed by atoms with van der Waals surface area (Å²) in [7, 11) is 0. The van der Waals surface area contributed by atoms with Gasteiger partial charge in [0.2, 0.25) is 0 Å². The molecule has 1 heterocycles. The maximum atomic E-state index is 13.1. The van der Waals surface area contributed by atoms with Gasteiger partial charge in [0.15, 0.2) is 6.61 Å². The van der Waals surface area contributed by atoms with Crippen molar-refractivity contribution < 1.29 is 28.8 Å². The van der Waals surface area contributed by atoms with E-state index in [9.17, 15) is 29.3 Å². The molecule has 1 saturated heterocycles. The summed E-state index contributed by atoms with van der Waals surface area (Å²) in [4.78, 5) is 61.4. The van der Waals surface area contributed by atoms with E-state index in [0.29, 0.717) is 26.4 Å². The van der Waals surface area contributed by atoms with Crippen LogP contribution >= 0.6 is 15.9 Å². The molecule has 0 aromatic heterocycles. The van der Waals surface area contributed by atoms with Crippen LogP contribution in [0.1, 0.15) is 16.7 Å². The van der Waals surface area contributed by atoms with E-state index in [1.165, 1.54) is 24.3 Å². The van der Waals surface area contributed by atoms with Gasteiger partial charge in [-0.05, 0) is 71.2 Å². The van der Waals surface area contributed by atoms with Gasteiger partial charge in [0, 0.05) is 17.8 Å². The largest absolute Gasteiger partial charge is 0.483 e. The fourth-order valence-electron chi connectivity index (χ4n) is 3.81. The number of hydrogen-bond acceptors (Lipinski definition) is 7. The molecule has 0 unspecified atom stereocenters. The first-order chi connectivity index (χ1) is 18.5. The van der Waals surface area contributed by atoms with Crippen LogP contribution < -0.4 is 20.3 Å². The molecular weight excluding hydrogens is 572 g/mol. The van der Waals surface area contributed by atoms with Gasteiger partial charge in [0.25, 0.3) is 23.4 Å². The van der Waals surface area contributed by atoms with Crippen LogP contribution in [0.25, 0.3) is 6.08 Å². The Bertz CT molecular complexity index is 1570.